The summed E-state index contributed by atoms with van der Waals surface area (Å²) in [4.78, 5) is 14.8. The molecule has 4 nitrogen and oxygen atoms in total. The number of benzene rings is 2. The summed E-state index contributed by atoms with van der Waals surface area (Å²) in [5, 5.41) is 0. The molecule has 1 aromatic heterocycles. The number of methoxy groups -OCH3 is 1. The summed E-state index contributed by atoms with van der Waals surface area (Å²) in [5.74, 6) is 0.713. The number of amides is 1. The Morgan fingerprint density at radius 2 is 1.93 bits per heavy atom. The van der Waals surface area contributed by atoms with E-state index >= 15 is 0 Å². The minimum absolute atomic E-state index is 0.0224. The van der Waals surface area contributed by atoms with Crippen molar-refractivity contribution in [1.29, 1.82) is 0 Å². The predicted octanol–water partition coefficient (Wildman–Crippen LogP) is 4.68. The molecule has 3 aromatic rings. The number of nitrogens with zero attached hydrogens (tertiary/aromatic N) is 2. The molecule has 0 unspecified atom stereocenters. The molecule has 1 heterocycles. The fourth-order valence-electron chi connectivity index (χ4n) is 3.24. The second kappa shape index (κ2) is 9.09. The molecule has 0 saturated heterocycles. The molecule has 0 atom stereocenters. The van der Waals surface area contributed by atoms with E-state index < -0.39 is 0 Å². The topological polar surface area (TPSA) is 34.5 Å². The highest BCUT2D eigenvalue weighted by atomic mass is 16.5. The standard InChI is InChI=1S/C24H26N2O2/c1-4-14-26(24(27)21-10-12-23(28-3)13-11-21)18-22-9-6-15-25(22)17-20-8-5-7-19(2)16-20/h4-13,15-16H,1,14,17-18H2,2-3H3. The van der Waals surface area contributed by atoms with Gasteiger partial charge in [0.25, 0.3) is 5.91 Å². The number of carbonyl (C=O) groups excluding carboxylic acids is 1. The first-order valence-corrected chi connectivity index (χ1v) is 9.34. The normalized spacial score (nSPS) is 10.5. The summed E-state index contributed by atoms with van der Waals surface area (Å²) in [6, 6.07) is 19.8. The lowest BCUT2D eigenvalue weighted by molar-refractivity contribution is 0.0759. The van der Waals surface area contributed by atoms with Crippen LogP contribution in [-0.2, 0) is 13.1 Å². The van der Waals surface area contributed by atoms with Gasteiger partial charge in [-0.05, 0) is 48.9 Å². The summed E-state index contributed by atoms with van der Waals surface area (Å²) >= 11 is 0. The van der Waals surface area contributed by atoms with E-state index in [1.165, 1.54) is 11.1 Å². The van der Waals surface area contributed by atoms with Crippen LogP contribution in [0.4, 0.5) is 0 Å². The van der Waals surface area contributed by atoms with E-state index in [0.29, 0.717) is 18.7 Å². The zero-order valence-electron chi connectivity index (χ0n) is 16.5. The minimum atomic E-state index is -0.0224. The van der Waals surface area contributed by atoms with Gasteiger partial charge >= 0.3 is 0 Å². The predicted molar refractivity (Wildman–Crippen MR) is 113 cm³/mol. The highest BCUT2D eigenvalue weighted by molar-refractivity contribution is 5.94. The molecule has 4 heteroatoms. The van der Waals surface area contributed by atoms with Crippen molar-refractivity contribution < 1.29 is 9.53 Å². The van der Waals surface area contributed by atoms with Gasteiger partial charge in [-0.25, -0.2) is 0 Å². The van der Waals surface area contributed by atoms with Crippen molar-refractivity contribution >= 4 is 5.91 Å². The molecule has 0 radical (unpaired) electrons. The molecule has 0 aliphatic heterocycles. The summed E-state index contributed by atoms with van der Waals surface area (Å²) in [5.41, 5.74) is 4.22. The molecule has 0 saturated carbocycles. The van der Waals surface area contributed by atoms with Crippen LogP contribution in [0, 0.1) is 6.92 Å². The molecule has 1 amide bonds. The lowest BCUT2D eigenvalue weighted by atomic mass is 10.1. The second-order valence-corrected chi connectivity index (χ2v) is 6.82. The van der Waals surface area contributed by atoms with Gasteiger partial charge in [-0.2, -0.15) is 0 Å². The van der Waals surface area contributed by atoms with Gasteiger partial charge in [0, 0.05) is 30.5 Å². The van der Waals surface area contributed by atoms with Gasteiger partial charge in [-0.1, -0.05) is 35.9 Å². The summed E-state index contributed by atoms with van der Waals surface area (Å²) < 4.78 is 7.37. The summed E-state index contributed by atoms with van der Waals surface area (Å²) in [6.07, 6.45) is 3.82. The minimum Gasteiger partial charge on any atom is -0.497 e. The van der Waals surface area contributed by atoms with Crippen molar-refractivity contribution in [3.8, 4) is 5.75 Å². The third kappa shape index (κ3) is 4.71. The van der Waals surface area contributed by atoms with E-state index in [0.717, 1.165) is 18.0 Å². The van der Waals surface area contributed by atoms with Gasteiger partial charge in [0.15, 0.2) is 0 Å². The molecule has 0 N–H and O–H groups in total. The average Bonchev–Trinajstić information content (AvgIpc) is 3.14. The Morgan fingerprint density at radius 1 is 1.14 bits per heavy atom. The number of hydrogen-bond acceptors (Lipinski definition) is 2. The third-order valence-electron chi connectivity index (χ3n) is 4.69. The van der Waals surface area contributed by atoms with Gasteiger partial charge in [-0.15, -0.1) is 6.58 Å². The van der Waals surface area contributed by atoms with Crippen LogP contribution in [0.1, 0.15) is 27.2 Å². The third-order valence-corrected chi connectivity index (χ3v) is 4.69. The molecule has 0 bridgehead atoms. The smallest absolute Gasteiger partial charge is 0.254 e. The molecule has 28 heavy (non-hydrogen) atoms. The van der Waals surface area contributed by atoms with E-state index in [1.54, 1.807) is 42.4 Å². The van der Waals surface area contributed by atoms with Gasteiger partial charge in [0.2, 0.25) is 0 Å². The number of rotatable bonds is 8. The van der Waals surface area contributed by atoms with Crippen LogP contribution in [0.3, 0.4) is 0 Å². The molecular weight excluding hydrogens is 348 g/mol. The lowest BCUT2D eigenvalue weighted by Crippen LogP contribution is -2.31. The van der Waals surface area contributed by atoms with Gasteiger partial charge < -0.3 is 14.2 Å². The van der Waals surface area contributed by atoms with Gasteiger partial charge in [0.05, 0.1) is 13.7 Å². The maximum absolute atomic E-state index is 13.0. The maximum Gasteiger partial charge on any atom is 0.254 e. The molecule has 3 rings (SSSR count). The summed E-state index contributed by atoms with van der Waals surface area (Å²) in [6.45, 7) is 7.70. The van der Waals surface area contributed by atoms with Crippen LogP contribution in [0.25, 0.3) is 0 Å². The zero-order valence-corrected chi connectivity index (χ0v) is 16.5. The van der Waals surface area contributed by atoms with Crippen molar-refractivity contribution in [2.24, 2.45) is 0 Å². The zero-order chi connectivity index (χ0) is 19.9. The Labute approximate surface area is 166 Å². The fourth-order valence-corrected chi connectivity index (χ4v) is 3.24. The first-order valence-electron chi connectivity index (χ1n) is 9.34. The molecule has 144 valence electrons. The number of hydrogen-bond donors (Lipinski definition) is 0. The van der Waals surface area contributed by atoms with E-state index in [1.807, 2.05) is 6.07 Å². The number of carbonyl (C=O) groups is 1. The number of aryl methyl sites for hydroxylation is 1. The van der Waals surface area contributed by atoms with Crippen LogP contribution in [0.5, 0.6) is 5.75 Å². The second-order valence-electron chi connectivity index (χ2n) is 6.82. The van der Waals surface area contributed by atoms with Crippen molar-refractivity contribution in [1.82, 2.24) is 9.47 Å². The largest absolute Gasteiger partial charge is 0.497 e. The Kier molecular flexibility index (Phi) is 6.33. The monoisotopic (exact) mass is 374 g/mol. The van der Waals surface area contributed by atoms with Crippen molar-refractivity contribution in [3.05, 3.63) is 102 Å². The fraction of sp³-hybridized carbons (Fsp3) is 0.208. The highest BCUT2D eigenvalue weighted by Crippen LogP contribution is 2.16. The Morgan fingerprint density at radius 3 is 2.61 bits per heavy atom. The average molecular weight is 374 g/mol. The maximum atomic E-state index is 13.0. The van der Waals surface area contributed by atoms with Crippen LogP contribution >= 0.6 is 0 Å². The van der Waals surface area contributed by atoms with Crippen molar-refractivity contribution in [2.45, 2.75) is 20.0 Å². The highest BCUT2D eigenvalue weighted by Gasteiger charge is 2.17. The van der Waals surface area contributed by atoms with Crippen LogP contribution in [0.2, 0.25) is 0 Å². The van der Waals surface area contributed by atoms with E-state index in [4.69, 9.17) is 4.74 Å². The molecule has 2 aromatic carbocycles. The number of ether oxygens (including phenoxy) is 1. The summed E-state index contributed by atoms with van der Waals surface area (Å²) in [7, 11) is 1.61. The van der Waals surface area contributed by atoms with Gasteiger partial charge in [-0.3, -0.25) is 4.79 Å². The molecule has 0 spiro atoms. The van der Waals surface area contributed by atoms with Crippen LogP contribution in [-0.4, -0.2) is 29.0 Å². The van der Waals surface area contributed by atoms with E-state index in [2.05, 4.69) is 54.6 Å². The SMILES string of the molecule is C=CCN(Cc1cccn1Cc1cccc(C)c1)C(=O)c1ccc(OC)cc1. The molecule has 0 aliphatic carbocycles. The molecule has 0 fully saturated rings. The first-order chi connectivity index (χ1) is 13.6. The Bertz CT molecular complexity index is 941. The Balaban J connectivity index is 1.78. The molecule has 0 aliphatic rings. The van der Waals surface area contributed by atoms with Crippen LogP contribution in [0.15, 0.2) is 79.5 Å². The first kappa shape index (κ1) is 19.5. The Hall–Kier alpha value is -3.27. The quantitative estimate of drug-likeness (QED) is 0.537. The number of aromatic nitrogens is 1. The van der Waals surface area contributed by atoms with E-state index in [9.17, 15) is 4.79 Å². The molecular formula is C24H26N2O2. The lowest BCUT2D eigenvalue weighted by Gasteiger charge is -2.22. The van der Waals surface area contributed by atoms with Gasteiger partial charge in [0.1, 0.15) is 5.75 Å². The van der Waals surface area contributed by atoms with E-state index in [-0.39, 0.29) is 5.91 Å². The van der Waals surface area contributed by atoms with Crippen molar-refractivity contribution in [2.75, 3.05) is 13.7 Å². The van der Waals surface area contributed by atoms with Crippen LogP contribution < -0.4 is 4.74 Å². The van der Waals surface area contributed by atoms with Crippen molar-refractivity contribution in [3.63, 3.8) is 0 Å².